The largest absolute Gasteiger partial charge is 0.494 e. The SMILES string of the molecule is CCOc1ccc(N(CC(=O)N(Cc2cccc(C)c2)C(C)C(=O)NC(C)(C)C)S(C)(=O)=O)cc1. The van der Waals surface area contributed by atoms with Crippen molar-refractivity contribution < 1.29 is 22.7 Å². The molecule has 35 heavy (non-hydrogen) atoms. The molecule has 0 heterocycles. The second-order valence-corrected chi connectivity index (χ2v) is 11.5. The molecule has 192 valence electrons. The van der Waals surface area contributed by atoms with Gasteiger partial charge in [0.15, 0.2) is 0 Å². The Kier molecular flexibility index (Phi) is 9.31. The Bertz CT molecular complexity index is 1120. The Balaban J connectivity index is 2.38. The van der Waals surface area contributed by atoms with Gasteiger partial charge in [-0.25, -0.2) is 8.42 Å². The van der Waals surface area contributed by atoms with Crippen molar-refractivity contribution >= 4 is 27.5 Å². The monoisotopic (exact) mass is 503 g/mol. The number of sulfonamides is 1. The highest BCUT2D eigenvalue weighted by Crippen LogP contribution is 2.22. The summed E-state index contributed by atoms with van der Waals surface area (Å²) in [6.07, 6.45) is 1.05. The fourth-order valence-electron chi connectivity index (χ4n) is 3.55. The predicted molar refractivity (Wildman–Crippen MR) is 139 cm³/mol. The van der Waals surface area contributed by atoms with Crippen molar-refractivity contribution in [2.24, 2.45) is 0 Å². The average Bonchev–Trinajstić information content (AvgIpc) is 2.74. The van der Waals surface area contributed by atoms with Crippen molar-refractivity contribution in [3.8, 4) is 5.75 Å². The lowest BCUT2D eigenvalue weighted by Crippen LogP contribution is -2.54. The topological polar surface area (TPSA) is 96.0 Å². The van der Waals surface area contributed by atoms with Gasteiger partial charge < -0.3 is 15.0 Å². The minimum Gasteiger partial charge on any atom is -0.494 e. The third kappa shape index (κ3) is 8.58. The van der Waals surface area contributed by atoms with Crippen molar-refractivity contribution in [3.05, 3.63) is 59.7 Å². The van der Waals surface area contributed by atoms with Crippen LogP contribution < -0.4 is 14.4 Å². The van der Waals surface area contributed by atoms with E-state index in [1.165, 1.54) is 4.90 Å². The van der Waals surface area contributed by atoms with Gasteiger partial charge >= 0.3 is 0 Å². The average molecular weight is 504 g/mol. The van der Waals surface area contributed by atoms with Gasteiger partial charge in [0.1, 0.15) is 18.3 Å². The number of aryl methyl sites for hydroxylation is 1. The molecule has 1 atom stereocenters. The minimum absolute atomic E-state index is 0.167. The Hall–Kier alpha value is -3.07. The lowest BCUT2D eigenvalue weighted by Gasteiger charge is -2.33. The molecule has 0 aromatic heterocycles. The lowest BCUT2D eigenvalue weighted by atomic mass is 10.1. The number of benzene rings is 2. The van der Waals surface area contributed by atoms with Crippen LogP contribution in [0.4, 0.5) is 5.69 Å². The zero-order valence-corrected chi connectivity index (χ0v) is 22.5. The molecule has 2 aromatic carbocycles. The molecule has 1 N–H and O–H groups in total. The highest BCUT2D eigenvalue weighted by Gasteiger charge is 2.31. The van der Waals surface area contributed by atoms with Crippen LogP contribution in [0.25, 0.3) is 0 Å². The van der Waals surface area contributed by atoms with E-state index >= 15 is 0 Å². The molecule has 0 aliphatic rings. The maximum Gasteiger partial charge on any atom is 0.244 e. The number of nitrogens with zero attached hydrogens (tertiary/aromatic N) is 2. The van der Waals surface area contributed by atoms with Gasteiger partial charge in [0.2, 0.25) is 21.8 Å². The molecular formula is C26H37N3O5S. The van der Waals surface area contributed by atoms with E-state index in [4.69, 9.17) is 4.74 Å². The fraction of sp³-hybridized carbons (Fsp3) is 0.462. The first-order chi connectivity index (χ1) is 16.2. The Labute approximate surface area is 209 Å². The molecule has 0 saturated heterocycles. The number of amides is 2. The van der Waals surface area contributed by atoms with Crippen LogP contribution in [0, 0.1) is 6.92 Å². The first-order valence-corrected chi connectivity index (χ1v) is 13.4. The van der Waals surface area contributed by atoms with Crippen LogP contribution >= 0.6 is 0 Å². The van der Waals surface area contributed by atoms with Gasteiger partial charge in [-0.2, -0.15) is 0 Å². The molecule has 0 radical (unpaired) electrons. The van der Waals surface area contributed by atoms with Crippen molar-refractivity contribution in [2.75, 3.05) is 23.7 Å². The summed E-state index contributed by atoms with van der Waals surface area (Å²) in [5, 5.41) is 2.91. The molecule has 0 bridgehead atoms. The van der Waals surface area contributed by atoms with Gasteiger partial charge in [0.25, 0.3) is 0 Å². The molecule has 9 heteroatoms. The smallest absolute Gasteiger partial charge is 0.244 e. The summed E-state index contributed by atoms with van der Waals surface area (Å²) in [6, 6.07) is 13.3. The standard InChI is InChI=1S/C26H37N3O5S/c1-8-34-23-14-12-22(13-15-23)29(35(7,32)33)18-24(30)28(17-21-11-9-10-19(2)16-21)20(3)25(31)27-26(4,5)6/h9-16,20H,8,17-18H2,1-7H3,(H,27,31). The van der Waals surface area contributed by atoms with E-state index < -0.39 is 34.1 Å². The number of hydrogen-bond donors (Lipinski definition) is 1. The third-order valence-corrected chi connectivity index (χ3v) is 6.36. The zero-order valence-electron chi connectivity index (χ0n) is 21.7. The highest BCUT2D eigenvalue weighted by molar-refractivity contribution is 7.92. The summed E-state index contributed by atoms with van der Waals surface area (Å²) in [4.78, 5) is 27.9. The molecule has 2 aromatic rings. The van der Waals surface area contributed by atoms with Crippen LogP contribution in [0.1, 0.15) is 45.7 Å². The van der Waals surface area contributed by atoms with Crippen LogP contribution in [0.3, 0.4) is 0 Å². The lowest BCUT2D eigenvalue weighted by molar-refractivity contribution is -0.140. The predicted octanol–water partition coefficient (Wildman–Crippen LogP) is 3.49. The number of carbonyl (C=O) groups excluding carboxylic acids is 2. The second kappa shape index (κ2) is 11.6. The molecule has 0 spiro atoms. The van der Waals surface area contributed by atoms with Gasteiger partial charge in [-0.15, -0.1) is 0 Å². The molecule has 2 rings (SSSR count). The molecule has 0 aliphatic carbocycles. The zero-order chi connectivity index (χ0) is 26.4. The molecular weight excluding hydrogens is 466 g/mol. The van der Waals surface area contributed by atoms with Gasteiger partial charge in [-0.05, 0) is 71.4 Å². The van der Waals surface area contributed by atoms with E-state index in [9.17, 15) is 18.0 Å². The van der Waals surface area contributed by atoms with Crippen molar-refractivity contribution in [3.63, 3.8) is 0 Å². The van der Waals surface area contributed by atoms with E-state index in [0.717, 1.165) is 21.7 Å². The summed E-state index contributed by atoms with van der Waals surface area (Å²) in [6.45, 7) is 11.3. The maximum atomic E-state index is 13.6. The minimum atomic E-state index is -3.78. The van der Waals surface area contributed by atoms with Crippen molar-refractivity contribution in [1.29, 1.82) is 0 Å². The highest BCUT2D eigenvalue weighted by atomic mass is 32.2. The fourth-order valence-corrected chi connectivity index (χ4v) is 4.40. The van der Waals surface area contributed by atoms with E-state index in [0.29, 0.717) is 18.0 Å². The molecule has 0 saturated carbocycles. The van der Waals surface area contributed by atoms with Crippen LogP contribution in [-0.2, 0) is 26.2 Å². The summed E-state index contributed by atoms with van der Waals surface area (Å²) in [7, 11) is -3.78. The van der Waals surface area contributed by atoms with E-state index in [1.807, 2.05) is 58.9 Å². The van der Waals surface area contributed by atoms with Gasteiger partial charge in [-0.3, -0.25) is 13.9 Å². The number of rotatable bonds is 10. The van der Waals surface area contributed by atoms with Gasteiger partial charge in [0.05, 0.1) is 18.6 Å². The quantitative estimate of drug-likeness (QED) is 0.535. The number of nitrogens with one attached hydrogen (secondary N) is 1. The van der Waals surface area contributed by atoms with Crippen molar-refractivity contribution in [2.45, 2.75) is 59.7 Å². The number of carbonyl (C=O) groups is 2. The molecule has 8 nitrogen and oxygen atoms in total. The Morgan fingerprint density at radius 2 is 1.71 bits per heavy atom. The third-order valence-electron chi connectivity index (χ3n) is 5.22. The molecule has 1 unspecified atom stereocenters. The second-order valence-electron chi connectivity index (χ2n) is 9.62. The summed E-state index contributed by atoms with van der Waals surface area (Å²) < 4.78 is 31.8. The summed E-state index contributed by atoms with van der Waals surface area (Å²) in [5.41, 5.74) is 1.73. The maximum absolute atomic E-state index is 13.6. The Morgan fingerprint density at radius 1 is 1.09 bits per heavy atom. The van der Waals surface area contributed by atoms with Crippen LogP contribution in [-0.4, -0.2) is 56.1 Å². The van der Waals surface area contributed by atoms with E-state index in [1.54, 1.807) is 31.2 Å². The molecule has 2 amide bonds. The first-order valence-electron chi connectivity index (χ1n) is 11.6. The van der Waals surface area contributed by atoms with Gasteiger partial charge in [-0.1, -0.05) is 29.8 Å². The number of anilines is 1. The molecule has 0 fully saturated rings. The van der Waals surface area contributed by atoms with Crippen LogP contribution in [0.2, 0.25) is 0 Å². The number of hydrogen-bond acceptors (Lipinski definition) is 5. The van der Waals surface area contributed by atoms with E-state index in [-0.39, 0.29) is 12.5 Å². The van der Waals surface area contributed by atoms with E-state index in [2.05, 4.69) is 5.32 Å². The number of ether oxygens (including phenoxy) is 1. The van der Waals surface area contributed by atoms with Crippen molar-refractivity contribution in [1.82, 2.24) is 10.2 Å². The first kappa shape index (κ1) is 28.2. The van der Waals surface area contributed by atoms with Crippen LogP contribution in [0.5, 0.6) is 5.75 Å². The van der Waals surface area contributed by atoms with Gasteiger partial charge in [0, 0.05) is 12.1 Å². The Morgan fingerprint density at radius 3 is 2.23 bits per heavy atom. The summed E-state index contributed by atoms with van der Waals surface area (Å²) in [5.74, 6) is -0.197. The summed E-state index contributed by atoms with van der Waals surface area (Å²) >= 11 is 0. The van der Waals surface area contributed by atoms with Crippen LogP contribution in [0.15, 0.2) is 48.5 Å². The molecule has 0 aliphatic heterocycles. The normalized spacial score (nSPS) is 12.5.